The Hall–Kier alpha value is -0.0400. The minimum Gasteiger partial charge on any atom is -0.309 e. The van der Waals surface area contributed by atoms with Crippen molar-refractivity contribution >= 4 is 0 Å². The molecule has 0 saturated heterocycles. The van der Waals surface area contributed by atoms with Gasteiger partial charge in [-0.25, -0.2) is 0 Å². The van der Waals surface area contributed by atoms with Crippen molar-refractivity contribution < 1.29 is 0 Å². The molecule has 1 fully saturated rings. The quantitative estimate of drug-likeness (QED) is 0.703. The molecule has 0 atom stereocenters. The molecule has 0 aromatic carbocycles. The van der Waals surface area contributed by atoms with E-state index in [9.17, 15) is 0 Å². The van der Waals surface area contributed by atoms with Gasteiger partial charge in [0.2, 0.25) is 0 Å². The van der Waals surface area contributed by atoms with Crippen LogP contribution < -0.4 is 5.32 Å². The summed E-state index contributed by atoms with van der Waals surface area (Å²) in [5, 5.41) is 3.83. The van der Waals surface area contributed by atoms with Gasteiger partial charge < -0.3 is 5.32 Å². The summed E-state index contributed by atoms with van der Waals surface area (Å²) in [6, 6.07) is 0.804. The molecule has 1 N–H and O–H groups in total. The maximum absolute atomic E-state index is 3.83. The average Bonchev–Trinajstić information content (AvgIpc) is 2.19. The molecule has 1 aliphatic carbocycles. The Morgan fingerprint density at radius 1 is 1.08 bits per heavy atom. The van der Waals surface area contributed by atoms with Crippen molar-refractivity contribution in [3.8, 4) is 0 Å². The molecule has 1 saturated carbocycles. The zero-order valence-electron chi connectivity index (χ0n) is 9.53. The van der Waals surface area contributed by atoms with Crippen LogP contribution in [0.15, 0.2) is 0 Å². The molecule has 0 spiro atoms. The number of nitrogens with one attached hydrogen (secondary N) is 1. The van der Waals surface area contributed by atoms with Crippen molar-refractivity contribution in [3.05, 3.63) is 0 Å². The van der Waals surface area contributed by atoms with E-state index in [4.69, 9.17) is 0 Å². The lowest BCUT2D eigenvalue weighted by Crippen LogP contribution is -2.47. The maximum atomic E-state index is 3.83. The third-order valence-electron chi connectivity index (χ3n) is 3.72. The van der Waals surface area contributed by atoms with E-state index in [0.717, 1.165) is 6.04 Å². The fraction of sp³-hybridized carbons (Fsp3) is 1.00. The van der Waals surface area contributed by atoms with Crippen LogP contribution in [0.1, 0.15) is 65.7 Å². The molecular weight excluding hydrogens is 158 g/mol. The Kier molecular flexibility index (Phi) is 4.24. The van der Waals surface area contributed by atoms with Gasteiger partial charge in [-0.2, -0.15) is 0 Å². The predicted octanol–water partition coefficient (Wildman–Crippen LogP) is 3.49. The molecule has 1 heteroatoms. The SMILES string of the molecule is CCC(C)(CC)NC1CCCCC1. The summed E-state index contributed by atoms with van der Waals surface area (Å²) in [4.78, 5) is 0. The van der Waals surface area contributed by atoms with E-state index in [2.05, 4.69) is 26.1 Å². The smallest absolute Gasteiger partial charge is 0.0150 e. The van der Waals surface area contributed by atoms with Crippen molar-refractivity contribution in [2.75, 3.05) is 0 Å². The summed E-state index contributed by atoms with van der Waals surface area (Å²) >= 11 is 0. The first-order chi connectivity index (χ1) is 6.20. The van der Waals surface area contributed by atoms with E-state index in [0.29, 0.717) is 5.54 Å². The molecule has 78 valence electrons. The topological polar surface area (TPSA) is 12.0 Å². The fourth-order valence-electron chi connectivity index (χ4n) is 2.19. The molecule has 1 nitrogen and oxygen atoms in total. The molecule has 13 heavy (non-hydrogen) atoms. The highest BCUT2D eigenvalue weighted by Crippen LogP contribution is 2.22. The highest BCUT2D eigenvalue weighted by molar-refractivity contribution is 4.85. The van der Waals surface area contributed by atoms with Gasteiger partial charge in [-0.05, 0) is 32.6 Å². The molecule has 0 aromatic rings. The molecule has 1 aliphatic rings. The second kappa shape index (κ2) is 4.99. The van der Waals surface area contributed by atoms with Crippen LogP contribution in [0.5, 0.6) is 0 Å². The van der Waals surface area contributed by atoms with Crippen LogP contribution in [-0.4, -0.2) is 11.6 Å². The van der Waals surface area contributed by atoms with E-state index in [-0.39, 0.29) is 0 Å². The predicted molar refractivity (Wildman–Crippen MR) is 59.0 cm³/mol. The van der Waals surface area contributed by atoms with Crippen LogP contribution in [0.4, 0.5) is 0 Å². The number of rotatable bonds is 4. The van der Waals surface area contributed by atoms with Crippen LogP contribution in [-0.2, 0) is 0 Å². The summed E-state index contributed by atoms with van der Waals surface area (Å²) in [5.41, 5.74) is 0.391. The highest BCUT2D eigenvalue weighted by Gasteiger charge is 2.24. The zero-order valence-corrected chi connectivity index (χ0v) is 9.53. The maximum Gasteiger partial charge on any atom is 0.0150 e. The third kappa shape index (κ3) is 3.30. The second-order valence-corrected chi connectivity index (χ2v) is 4.75. The van der Waals surface area contributed by atoms with Gasteiger partial charge in [0.15, 0.2) is 0 Å². The van der Waals surface area contributed by atoms with E-state index >= 15 is 0 Å². The molecule has 0 amide bonds. The Bertz CT molecular complexity index is 132. The molecule has 0 aromatic heterocycles. The summed E-state index contributed by atoms with van der Waals surface area (Å²) < 4.78 is 0. The minimum absolute atomic E-state index is 0.391. The second-order valence-electron chi connectivity index (χ2n) is 4.75. The largest absolute Gasteiger partial charge is 0.309 e. The van der Waals surface area contributed by atoms with Crippen LogP contribution in [0.3, 0.4) is 0 Å². The highest BCUT2D eigenvalue weighted by atomic mass is 15.0. The first kappa shape index (κ1) is 11.0. The van der Waals surface area contributed by atoms with E-state index < -0.39 is 0 Å². The van der Waals surface area contributed by atoms with E-state index in [1.807, 2.05) is 0 Å². The van der Waals surface area contributed by atoms with Crippen molar-refractivity contribution in [1.82, 2.24) is 5.32 Å². The first-order valence-electron chi connectivity index (χ1n) is 5.98. The molecular formula is C12H25N. The monoisotopic (exact) mass is 183 g/mol. The first-order valence-corrected chi connectivity index (χ1v) is 5.98. The Labute approximate surface area is 83.3 Å². The van der Waals surface area contributed by atoms with Crippen LogP contribution in [0.2, 0.25) is 0 Å². The molecule has 0 aliphatic heterocycles. The van der Waals surface area contributed by atoms with Gasteiger partial charge in [-0.15, -0.1) is 0 Å². The van der Waals surface area contributed by atoms with Gasteiger partial charge in [0.05, 0.1) is 0 Å². The number of hydrogen-bond donors (Lipinski definition) is 1. The Morgan fingerprint density at radius 2 is 1.62 bits per heavy atom. The summed E-state index contributed by atoms with van der Waals surface area (Å²) in [7, 11) is 0. The van der Waals surface area contributed by atoms with E-state index in [1.165, 1.54) is 44.9 Å². The number of hydrogen-bond acceptors (Lipinski definition) is 1. The molecule has 1 rings (SSSR count). The summed E-state index contributed by atoms with van der Waals surface area (Å²) in [6.45, 7) is 6.94. The van der Waals surface area contributed by atoms with Crippen molar-refractivity contribution in [2.45, 2.75) is 77.3 Å². The fourth-order valence-corrected chi connectivity index (χ4v) is 2.19. The van der Waals surface area contributed by atoms with Crippen molar-refractivity contribution in [1.29, 1.82) is 0 Å². The lowest BCUT2D eigenvalue weighted by molar-refractivity contribution is 0.250. The summed E-state index contributed by atoms with van der Waals surface area (Å²) in [5.74, 6) is 0. The molecule has 0 bridgehead atoms. The van der Waals surface area contributed by atoms with Crippen LogP contribution >= 0.6 is 0 Å². The lowest BCUT2D eigenvalue weighted by Gasteiger charge is -2.35. The standard InChI is InChI=1S/C12H25N/c1-4-12(3,5-2)13-11-9-7-6-8-10-11/h11,13H,4-10H2,1-3H3. The Morgan fingerprint density at radius 3 is 2.08 bits per heavy atom. The van der Waals surface area contributed by atoms with E-state index in [1.54, 1.807) is 0 Å². The lowest BCUT2D eigenvalue weighted by atomic mass is 9.89. The van der Waals surface area contributed by atoms with Crippen molar-refractivity contribution in [3.63, 3.8) is 0 Å². The molecule has 0 radical (unpaired) electrons. The Balaban J connectivity index is 2.35. The van der Waals surface area contributed by atoms with Crippen LogP contribution in [0, 0.1) is 0 Å². The van der Waals surface area contributed by atoms with Gasteiger partial charge in [0.25, 0.3) is 0 Å². The van der Waals surface area contributed by atoms with Gasteiger partial charge in [0, 0.05) is 11.6 Å². The van der Waals surface area contributed by atoms with Gasteiger partial charge in [-0.1, -0.05) is 33.1 Å². The minimum atomic E-state index is 0.391. The average molecular weight is 183 g/mol. The molecule has 0 unspecified atom stereocenters. The zero-order chi connectivity index (χ0) is 9.73. The van der Waals surface area contributed by atoms with Gasteiger partial charge in [0.1, 0.15) is 0 Å². The van der Waals surface area contributed by atoms with Crippen molar-refractivity contribution in [2.24, 2.45) is 0 Å². The molecule has 0 heterocycles. The van der Waals surface area contributed by atoms with Gasteiger partial charge >= 0.3 is 0 Å². The third-order valence-corrected chi connectivity index (χ3v) is 3.72. The normalized spacial score (nSPS) is 20.5. The van der Waals surface area contributed by atoms with Gasteiger partial charge in [-0.3, -0.25) is 0 Å². The summed E-state index contributed by atoms with van der Waals surface area (Å²) in [6.07, 6.45) is 9.61. The van der Waals surface area contributed by atoms with Crippen LogP contribution in [0.25, 0.3) is 0 Å².